The fourth-order valence-electron chi connectivity index (χ4n) is 1.74. The van der Waals surface area contributed by atoms with E-state index < -0.39 is 0 Å². The van der Waals surface area contributed by atoms with Gasteiger partial charge in [-0.15, -0.1) is 0 Å². The lowest BCUT2D eigenvalue weighted by Crippen LogP contribution is -2.47. The maximum Gasteiger partial charge on any atom is 0.317 e. The van der Waals surface area contributed by atoms with Crippen molar-refractivity contribution >= 4 is 11.9 Å². The van der Waals surface area contributed by atoms with Gasteiger partial charge in [-0.25, -0.2) is 4.79 Å². The van der Waals surface area contributed by atoms with Crippen LogP contribution in [0.2, 0.25) is 0 Å². The van der Waals surface area contributed by atoms with Gasteiger partial charge in [0, 0.05) is 19.1 Å². The highest BCUT2D eigenvalue weighted by molar-refractivity contribution is 5.84. The number of carbonyl (C=O) groups excluding carboxylic acids is 2. The molecule has 0 spiro atoms. The summed E-state index contributed by atoms with van der Waals surface area (Å²) in [7, 11) is 0. The van der Waals surface area contributed by atoms with Crippen molar-refractivity contribution in [1.29, 1.82) is 0 Å². The fraction of sp³-hybridized carbons (Fsp3) is 0.818. The number of nitrogens with zero attached hydrogens (tertiary/aromatic N) is 1. The first-order chi connectivity index (χ1) is 7.59. The van der Waals surface area contributed by atoms with Crippen molar-refractivity contribution in [3.8, 4) is 0 Å². The van der Waals surface area contributed by atoms with Gasteiger partial charge in [-0.05, 0) is 33.1 Å². The minimum atomic E-state index is -0.139. The highest BCUT2D eigenvalue weighted by Crippen LogP contribution is 2.07. The van der Waals surface area contributed by atoms with Crippen LogP contribution in [0, 0.1) is 0 Å². The Morgan fingerprint density at radius 1 is 1.19 bits per heavy atom. The fourth-order valence-corrected chi connectivity index (χ4v) is 1.74. The van der Waals surface area contributed by atoms with Crippen LogP contribution < -0.4 is 10.6 Å². The van der Waals surface area contributed by atoms with Gasteiger partial charge in [0.15, 0.2) is 0 Å². The summed E-state index contributed by atoms with van der Waals surface area (Å²) >= 11 is 0. The summed E-state index contributed by atoms with van der Waals surface area (Å²) in [5.74, 6) is -0.139. The molecule has 0 atom stereocenters. The van der Waals surface area contributed by atoms with E-state index in [-0.39, 0.29) is 24.5 Å². The molecule has 1 heterocycles. The van der Waals surface area contributed by atoms with Gasteiger partial charge >= 0.3 is 6.03 Å². The second kappa shape index (κ2) is 6.35. The Morgan fingerprint density at radius 3 is 2.38 bits per heavy atom. The molecule has 1 aliphatic heterocycles. The Hall–Kier alpha value is -1.26. The van der Waals surface area contributed by atoms with Crippen LogP contribution in [-0.4, -0.2) is 42.5 Å². The molecule has 1 rings (SSSR count). The summed E-state index contributed by atoms with van der Waals surface area (Å²) in [4.78, 5) is 24.7. The molecule has 0 saturated carbocycles. The number of urea groups is 1. The monoisotopic (exact) mass is 227 g/mol. The zero-order chi connectivity index (χ0) is 12.0. The number of rotatable bonds is 3. The van der Waals surface area contributed by atoms with Gasteiger partial charge in [0.2, 0.25) is 5.91 Å². The van der Waals surface area contributed by atoms with Crippen molar-refractivity contribution in [1.82, 2.24) is 15.5 Å². The molecule has 5 heteroatoms. The van der Waals surface area contributed by atoms with Gasteiger partial charge in [-0.1, -0.05) is 0 Å². The lowest BCUT2D eigenvalue weighted by molar-refractivity contribution is -0.120. The second-order valence-corrected chi connectivity index (χ2v) is 4.43. The van der Waals surface area contributed by atoms with E-state index in [0.29, 0.717) is 0 Å². The third kappa shape index (κ3) is 4.51. The molecule has 1 saturated heterocycles. The van der Waals surface area contributed by atoms with Crippen LogP contribution in [0.3, 0.4) is 0 Å². The van der Waals surface area contributed by atoms with Crippen LogP contribution in [0.15, 0.2) is 0 Å². The van der Waals surface area contributed by atoms with E-state index in [2.05, 4.69) is 10.6 Å². The molecule has 0 bridgehead atoms. The Kier molecular flexibility index (Phi) is 5.08. The van der Waals surface area contributed by atoms with E-state index in [9.17, 15) is 9.59 Å². The van der Waals surface area contributed by atoms with E-state index in [1.807, 2.05) is 13.8 Å². The highest BCUT2D eigenvalue weighted by Gasteiger charge is 2.16. The average Bonchev–Trinajstić information content (AvgIpc) is 2.26. The molecule has 5 nitrogen and oxygen atoms in total. The molecule has 0 aromatic heterocycles. The highest BCUT2D eigenvalue weighted by atomic mass is 16.2. The van der Waals surface area contributed by atoms with Gasteiger partial charge in [0.05, 0.1) is 6.54 Å². The molecule has 2 N–H and O–H groups in total. The predicted octanol–water partition coefficient (Wildman–Crippen LogP) is 0.706. The number of carbonyl (C=O) groups is 2. The Balaban J connectivity index is 2.21. The van der Waals surface area contributed by atoms with Gasteiger partial charge in [-0.3, -0.25) is 4.79 Å². The molecule has 0 aromatic carbocycles. The molecular weight excluding hydrogens is 206 g/mol. The first kappa shape index (κ1) is 12.8. The molecular formula is C11H21N3O2. The average molecular weight is 227 g/mol. The van der Waals surface area contributed by atoms with E-state index >= 15 is 0 Å². The molecule has 0 aromatic rings. The number of hydrogen-bond acceptors (Lipinski definition) is 2. The zero-order valence-corrected chi connectivity index (χ0v) is 10.1. The Morgan fingerprint density at radius 2 is 1.81 bits per heavy atom. The van der Waals surface area contributed by atoms with E-state index in [1.54, 1.807) is 4.90 Å². The third-order valence-corrected chi connectivity index (χ3v) is 2.49. The van der Waals surface area contributed by atoms with E-state index in [4.69, 9.17) is 0 Å². The van der Waals surface area contributed by atoms with Crippen LogP contribution in [0.1, 0.15) is 33.1 Å². The predicted molar refractivity (Wildman–Crippen MR) is 62.1 cm³/mol. The molecule has 3 amide bonds. The number of amides is 3. The normalized spacial score (nSPS) is 16.1. The van der Waals surface area contributed by atoms with Gasteiger partial charge < -0.3 is 15.5 Å². The lowest BCUT2D eigenvalue weighted by atomic mass is 10.1. The van der Waals surface area contributed by atoms with Crippen molar-refractivity contribution in [2.24, 2.45) is 0 Å². The first-order valence-corrected chi connectivity index (χ1v) is 5.91. The molecule has 1 fully saturated rings. The summed E-state index contributed by atoms with van der Waals surface area (Å²) in [6.07, 6.45) is 3.31. The maximum absolute atomic E-state index is 11.6. The van der Waals surface area contributed by atoms with E-state index in [0.717, 1.165) is 25.9 Å². The molecule has 0 radical (unpaired) electrons. The Labute approximate surface area is 96.6 Å². The minimum absolute atomic E-state index is 0.0630. The van der Waals surface area contributed by atoms with Crippen LogP contribution in [0.25, 0.3) is 0 Å². The van der Waals surface area contributed by atoms with Gasteiger partial charge in [0.25, 0.3) is 0 Å². The SMILES string of the molecule is CC(C)NC(=O)CNC(=O)N1CCCCC1. The summed E-state index contributed by atoms with van der Waals surface area (Å²) in [5.41, 5.74) is 0. The largest absolute Gasteiger partial charge is 0.352 e. The van der Waals surface area contributed by atoms with Crippen molar-refractivity contribution < 1.29 is 9.59 Å². The number of nitrogens with one attached hydrogen (secondary N) is 2. The quantitative estimate of drug-likeness (QED) is 0.746. The third-order valence-electron chi connectivity index (χ3n) is 2.49. The number of hydrogen-bond donors (Lipinski definition) is 2. The zero-order valence-electron chi connectivity index (χ0n) is 10.1. The van der Waals surface area contributed by atoms with Crippen LogP contribution in [0.4, 0.5) is 4.79 Å². The summed E-state index contributed by atoms with van der Waals surface area (Å²) in [6.45, 7) is 5.46. The van der Waals surface area contributed by atoms with E-state index in [1.165, 1.54) is 6.42 Å². The molecule has 92 valence electrons. The standard InChI is InChI=1S/C11H21N3O2/c1-9(2)13-10(15)8-12-11(16)14-6-4-3-5-7-14/h9H,3-8H2,1-2H3,(H,12,16)(H,13,15). The summed E-state index contributed by atoms with van der Waals surface area (Å²) < 4.78 is 0. The van der Waals surface area contributed by atoms with Crippen molar-refractivity contribution in [2.45, 2.75) is 39.2 Å². The molecule has 16 heavy (non-hydrogen) atoms. The van der Waals surface area contributed by atoms with Crippen LogP contribution >= 0.6 is 0 Å². The molecule has 1 aliphatic rings. The first-order valence-electron chi connectivity index (χ1n) is 5.91. The summed E-state index contributed by atoms with van der Waals surface area (Å²) in [5, 5.41) is 5.36. The smallest absolute Gasteiger partial charge is 0.317 e. The molecule has 0 aliphatic carbocycles. The van der Waals surface area contributed by atoms with Crippen molar-refractivity contribution in [3.63, 3.8) is 0 Å². The maximum atomic E-state index is 11.6. The van der Waals surface area contributed by atoms with Crippen molar-refractivity contribution in [2.75, 3.05) is 19.6 Å². The van der Waals surface area contributed by atoms with Gasteiger partial charge in [-0.2, -0.15) is 0 Å². The number of likely N-dealkylation sites (tertiary alicyclic amines) is 1. The topological polar surface area (TPSA) is 61.4 Å². The Bertz CT molecular complexity index is 248. The minimum Gasteiger partial charge on any atom is -0.352 e. The lowest BCUT2D eigenvalue weighted by Gasteiger charge is -2.26. The van der Waals surface area contributed by atoms with Crippen molar-refractivity contribution in [3.05, 3.63) is 0 Å². The van der Waals surface area contributed by atoms with Crippen LogP contribution in [0.5, 0.6) is 0 Å². The molecule has 0 unspecified atom stereocenters. The number of piperidine rings is 1. The van der Waals surface area contributed by atoms with Gasteiger partial charge in [0.1, 0.15) is 0 Å². The van der Waals surface area contributed by atoms with Crippen LogP contribution in [-0.2, 0) is 4.79 Å². The second-order valence-electron chi connectivity index (χ2n) is 4.43. The summed E-state index contributed by atoms with van der Waals surface area (Å²) in [6, 6.07) is -0.0157.